The molecule has 25 heavy (non-hydrogen) atoms. The number of anilines is 1. The third-order valence-corrected chi connectivity index (χ3v) is 4.07. The van der Waals surface area contributed by atoms with E-state index in [1.54, 1.807) is 18.3 Å². The number of nitrogens with zero attached hydrogens (tertiary/aromatic N) is 2. The van der Waals surface area contributed by atoms with Crippen LogP contribution in [0.1, 0.15) is 12.0 Å². The van der Waals surface area contributed by atoms with Crippen LogP contribution in [0, 0.1) is 0 Å². The maximum Gasteiger partial charge on any atom is 0.418 e. The first-order chi connectivity index (χ1) is 12.1. The molecule has 1 aliphatic heterocycles. The van der Waals surface area contributed by atoms with E-state index in [2.05, 4.69) is 31.2 Å². The van der Waals surface area contributed by atoms with Crippen molar-refractivity contribution in [2.24, 2.45) is 10.7 Å². The summed E-state index contributed by atoms with van der Waals surface area (Å²) in [6, 6.07) is 11.3. The molecule has 1 atom stereocenters. The summed E-state index contributed by atoms with van der Waals surface area (Å²) in [5.41, 5.74) is 7.29. The molecule has 0 saturated heterocycles. The molecule has 0 radical (unpaired) electrons. The third kappa shape index (κ3) is 5.18. The van der Waals surface area contributed by atoms with Gasteiger partial charge in [0.05, 0.1) is 6.04 Å². The van der Waals surface area contributed by atoms with E-state index in [1.165, 1.54) is 0 Å². The SMILES string of the molecule is NC1=N[C@@H](CCc2ccc(NC(=O)Oc3ccc(Br)cn3)cc2)CO1. The molecule has 8 heteroatoms. The summed E-state index contributed by atoms with van der Waals surface area (Å²) in [6.45, 7) is 0.543. The lowest BCUT2D eigenvalue weighted by Crippen LogP contribution is -2.17. The highest BCUT2D eigenvalue weighted by Gasteiger charge is 2.16. The molecule has 0 fully saturated rings. The standard InChI is InChI=1S/C17H17BrN4O3/c18-12-4-8-15(20-9-12)25-17(23)22-13-5-1-11(2-6-13)3-7-14-10-24-16(19)21-14/h1-2,4-6,8-9,14H,3,7,10H2,(H2,19,21)(H,22,23)/t14-/m0/s1. The Labute approximate surface area is 153 Å². The van der Waals surface area contributed by atoms with Crippen LogP contribution >= 0.6 is 15.9 Å². The summed E-state index contributed by atoms with van der Waals surface area (Å²) >= 11 is 3.27. The van der Waals surface area contributed by atoms with E-state index in [4.69, 9.17) is 15.2 Å². The van der Waals surface area contributed by atoms with Gasteiger partial charge in [-0.05, 0) is 52.5 Å². The summed E-state index contributed by atoms with van der Waals surface area (Å²) in [6.07, 6.45) is 2.70. The van der Waals surface area contributed by atoms with Gasteiger partial charge >= 0.3 is 6.09 Å². The van der Waals surface area contributed by atoms with Crippen LogP contribution in [0.4, 0.5) is 10.5 Å². The molecular weight excluding hydrogens is 388 g/mol. The van der Waals surface area contributed by atoms with Gasteiger partial charge in [0.15, 0.2) is 0 Å². The van der Waals surface area contributed by atoms with Crippen molar-refractivity contribution >= 4 is 33.7 Å². The first-order valence-electron chi connectivity index (χ1n) is 7.74. The normalized spacial score (nSPS) is 16.0. The highest BCUT2D eigenvalue weighted by atomic mass is 79.9. The highest BCUT2D eigenvalue weighted by molar-refractivity contribution is 9.10. The molecule has 7 nitrogen and oxygen atoms in total. The number of carbonyl (C=O) groups is 1. The lowest BCUT2D eigenvalue weighted by atomic mass is 10.1. The van der Waals surface area contributed by atoms with Crippen molar-refractivity contribution in [3.05, 3.63) is 52.6 Å². The second kappa shape index (κ2) is 7.98. The van der Waals surface area contributed by atoms with Gasteiger partial charge in [0.25, 0.3) is 6.02 Å². The number of nitrogens with two attached hydrogens (primary N) is 1. The van der Waals surface area contributed by atoms with Gasteiger partial charge in [-0.1, -0.05) is 12.1 Å². The highest BCUT2D eigenvalue weighted by Crippen LogP contribution is 2.16. The molecule has 0 saturated carbocycles. The molecule has 2 aromatic rings. The average Bonchev–Trinajstić information content (AvgIpc) is 3.02. The molecule has 3 rings (SSSR count). The summed E-state index contributed by atoms with van der Waals surface area (Å²) in [5.74, 6) is 0.232. The second-order valence-electron chi connectivity index (χ2n) is 5.50. The molecule has 1 aliphatic rings. The van der Waals surface area contributed by atoms with Crippen LogP contribution in [0.3, 0.4) is 0 Å². The van der Waals surface area contributed by atoms with Crippen molar-refractivity contribution in [3.8, 4) is 5.88 Å². The quantitative estimate of drug-likeness (QED) is 0.797. The van der Waals surface area contributed by atoms with E-state index in [-0.39, 0.29) is 17.9 Å². The number of benzene rings is 1. The topological polar surface area (TPSA) is 98.8 Å². The van der Waals surface area contributed by atoms with Crippen molar-refractivity contribution in [1.29, 1.82) is 0 Å². The van der Waals surface area contributed by atoms with E-state index in [0.29, 0.717) is 12.3 Å². The van der Waals surface area contributed by atoms with E-state index in [9.17, 15) is 4.79 Å². The Morgan fingerprint density at radius 2 is 2.12 bits per heavy atom. The lowest BCUT2D eigenvalue weighted by molar-refractivity contribution is 0.213. The van der Waals surface area contributed by atoms with Crippen LogP contribution in [0.25, 0.3) is 0 Å². The minimum atomic E-state index is -0.588. The molecule has 0 aliphatic carbocycles. The van der Waals surface area contributed by atoms with E-state index >= 15 is 0 Å². The number of hydrogen-bond acceptors (Lipinski definition) is 6. The zero-order valence-electron chi connectivity index (χ0n) is 13.3. The maximum atomic E-state index is 11.9. The van der Waals surface area contributed by atoms with Gasteiger partial charge in [0, 0.05) is 22.4 Å². The number of rotatable bonds is 5. The number of amidine groups is 1. The van der Waals surface area contributed by atoms with Crippen LogP contribution in [0.15, 0.2) is 52.1 Å². The van der Waals surface area contributed by atoms with E-state index < -0.39 is 6.09 Å². The number of halogens is 1. The van der Waals surface area contributed by atoms with Crippen LogP contribution in [-0.2, 0) is 11.2 Å². The van der Waals surface area contributed by atoms with E-state index in [1.807, 2.05) is 24.3 Å². The fourth-order valence-corrected chi connectivity index (χ4v) is 2.57. The molecule has 1 aromatic heterocycles. The van der Waals surface area contributed by atoms with Crippen LogP contribution in [-0.4, -0.2) is 29.7 Å². The Hall–Kier alpha value is -2.61. The molecule has 2 heterocycles. The predicted octanol–water partition coefficient (Wildman–Crippen LogP) is 3.10. The number of amides is 1. The zero-order chi connectivity index (χ0) is 17.6. The number of ether oxygens (including phenoxy) is 2. The summed E-state index contributed by atoms with van der Waals surface area (Å²) < 4.78 is 11.1. The first kappa shape index (κ1) is 17.2. The Morgan fingerprint density at radius 3 is 2.76 bits per heavy atom. The summed E-state index contributed by atoms with van der Waals surface area (Å²) in [5, 5.41) is 2.66. The van der Waals surface area contributed by atoms with Gasteiger partial charge in [-0.25, -0.2) is 14.8 Å². The Balaban J connectivity index is 1.48. The van der Waals surface area contributed by atoms with Crippen LogP contribution < -0.4 is 15.8 Å². The molecule has 0 spiro atoms. The molecule has 3 N–H and O–H groups in total. The second-order valence-corrected chi connectivity index (χ2v) is 6.41. The van der Waals surface area contributed by atoms with Crippen molar-refractivity contribution in [1.82, 2.24) is 4.98 Å². The minimum absolute atomic E-state index is 0.117. The lowest BCUT2D eigenvalue weighted by Gasteiger charge is -2.08. The fraction of sp³-hybridized carbons (Fsp3) is 0.235. The predicted molar refractivity (Wildman–Crippen MR) is 97.7 cm³/mol. The number of aromatic nitrogens is 1. The molecule has 1 amide bonds. The zero-order valence-corrected chi connectivity index (χ0v) is 14.9. The van der Waals surface area contributed by atoms with Crippen LogP contribution in [0.5, 0.6) is 5.88 Å². The average molecular weight is 405 g/mol. The number of nitrogens with one attached hydrogen (secondary N) is 1. The number of aliphatic imine (C=N–C) groups is 1. The Morgan fingerprint density at radius 1 is 1.32 bits per heavy atom. The van der Waals surface area contributed by atoms with Crippen LogP contribution in [0.2, 0.25) is 0 Å². The number of hydrogen-bond donors (Lipinski definition) is 2. The first-order valence-corrected chi connectivity index (χ1v) is 8.53. The van der Waals surface area contributed by atoms with Gasteiger partial charge in [-0.2, -0.15) is 0 Å². The third-order valence-electron chi connectivity index (χ3n) is 3.60. The van der Waals surface area contributed by atoms with Gasteiger partial charge in [0.1, 0.15) is 6.61 Å². The van der Waals surface area contributed by atoms with Crippen molar-refractivity contribution < 1.29 is 14.3 Å². The van der Waals surface area contributed by atoms with Gasteiger partial charge in [-0.3, -0.25) is 5.32 Å². The van der Waals surface area contributed by atoms with E-state index in [0.717, 1.165) is 22.9 Å². The fourth-order valence-electron chi connectivity index (χ4n) is 2.33. The number of carbonyl (C=O) groups excluding carboxylic acids is 1. The largest absolute Gasteiger partial charge is 0.463 e. The molecule has 0 unspecified atom stereocenters. The summed E-state index contributed by atoms with van der Waals surface area (Å²) in [4.78, 5) is 20.0. The maximum absolute atomic E-state index is 11.9. The van der Waals surface area contributed by atoms with Crippen molar-refractivity contribution in [3.63, 3.8) is 0 Å². The molecule has 0 bridgehead atoms. The Bertz CT molecular complexity index is 762. The minimum Gasteiger partial charge on any atom is -0.463 e. The smallest absolute Gasteiger partial charge is 0.418 e. The van der Waals surface area contributed by atoms with Gasteiger partial charge < -0.3 is 15.2 Å². The summed E-state index contributed by atoms with van der Waals surface area (Å²) in [7, 11) is 0. The van der Waals surface area contributed by atoms with Gasteiger partial charge in [-0.15, -0.1) is 0 Å². The number of pyridine rings is 1. The Kier molecular flexibility index (Phi) is 5.49. The number of aryl methyl sites for hydroxylation is 1. The van der Waals surface area contributed by atoms with Crippen molar-refractivity contribution in [2.75, 3.05) is 11.9 Å². The van der Waals surface area contributed by atoms with Crippen molar-refractivity contribution in [2.45, 2.75) is 18.9 Å². The van der Waals surface area contributed by atoms with Gasteiger partial charge in [0.2, 0.25) is 5.88 Å². The monoisotopic (exact) mass is 404 g/mol. The molecule has 130 valence electrons. The molecule has 1 aromatic carbocycles. The molecular formula is C17H17BrN4O3.